The number of rotatable bonds is 9. The second kappa shape index (κ2) is 12.8. The number of hydrogen-bond donors (Lipinski definition) is 2. The molecule has 3 aliphatic heterocycles. The zero-order valence-electron chi connectivity index (χ0n) is 27.3. The Bertz CT molecular complexity index is 2370. The molecule has 0 saturated carbocycles. The Hall–Kier alpha value is -4.43. The molecule has 4 aromatic rings. The molecule has 3 aliphatic rings. The van der Waals surface area contributed by atoms with Crippen LogP contribution in [0.25, 0.3) is 5.57 Å². The van der Waals surface area contributed by atoms with Crippen LogP contribution >= 0.6 is 0 Å². The maximum absolute atomic E-state index is 12.8. The predicted octanol–water partition coefficient (Wildman–Crippen LogP) is 5.57. The lowest BCUT2D eigenvalue weighted by atomic mass is 9.87. The first kappa shape index (κ1) is 33.1. The van der Waals surface area contributed by atoms with E-state index in [0.717, 1.165) is 92.5 Å². The van der Waals surface area contributed by atoms with E-state index in [1.165, 1.54) is 6.07 Å². The van der Waals surface area contributed by atoms with Gasteiger partial charge in [0.05, 0.1) is 21.8 Å². The third kappa shape index (κ3) is 6.39. The highest BCUT2D eigenvalue weighted by atomic mass is 32.2. The minimum absolute atomic E-state index is 0.0784. The second-order valence-electron chi connectivity index (χ2n) is 12.7. The number of ether oxygens (including phenoxy) is 1. The Morgan fingerprint density at radius 1 is 0.837 bits per heavy atom. The lowest BCUT2D eigenvalue weighted by Crippen LogP contribution is -2.45. The lowest BCUT2D eigenvalue weighted by molar-refractivity contribution is 0.437. The molecule has 2 N–H and O–H groups in total. The molecule has 0 spiro atoms. The average molecular weight is 702 g/mol. The average Bonchev–Trinajstić information content (AvgIpc) is 3.08. The molecule has 13 heteroatoms. The van der Waals surface area contributed by atoms with Gasteiger partial charge < -0.3 is 9.64 Å². The number of unbranched alkanes of at least 4 members (excludes halogenated alkanes) is 1. The molecule has 0 aliphatic carbocycles. The standard InChI is InChI=1S/C36H36N4O7S2/c1-3-4-17-39(2)26-12-9-24(10-13-26)37-38-25-11-15-28-32(21-25)47-36-30-8-6-19-40-18-5-7-23(35(30)40)20-31(36)34(28)29-16-14-27(48(41,42)43)22-33(29)49(44,45)46/h9-16,20-22H,3-8,17-19H2,1-2H3,(H-,41,42,43,44,45,46)/p+1. The van der Waals surface area contributed by atoms with Crippen molar-refractivity contribution in [2.75, 3.05) is 31.6 Å². The topological polar surface area (TPSA) is 149 Å². The second-order valence-corrected chi connectivity index (χ2v) is 15.5. The van der Waals surface area contributed by atoms with Gasteiger partial charge in [-0.15, -0.1) is 0 Å². The van der Waals surface area contributed by atoms with Crippen molar-refractivity contribution in [1.82, 2.24) is 4.58 Å². The van der Waals surface area contributed by atoms with Crippen LogP contribution in [0.15, 0.2) is 86.7 Å². The van der Waals surface area contributed by atoms with Crippen LogP contribution < -0.4 is 24.8 Å². The molecular formula is C36H37N4O7S2+. The van der Waals surface area contributed by atoms with E-state index < -0.39 is 30.0 Å². The monoisotopic (exact) mass is 701 g/mol. The van der Waals surface area contributed by atoms with Gasteiger partial charge in [-0.2, -0.15) is 27.1 Å². The first-order valence-corrected chi connectivity index (χ1v) is 19.3. The van der Waals surface area contributed by atoms with Gasteiger partial charge >= 0.3 is 0 Å². The van der Waals surface area contributed by atoms with Crippen molar-refractivity contribution in [2.24, 2.45) is 10.2 Å². The van der Waals surface area contributed by atoms with E-state index in [4.69, 9.17) is 4.74 Å². The first-order chi connectivity index (χ1) is 23.4. The third-order valence-corrected chi connectivity index (χ3v) is 11.1. The lowest BCUT2D eigenvalue weighted by Gasteiger charge is -2.27. The van der Waals surface area contributed by atoms with Gasteiger partial charge in [0, 0.05) is 65.7 Å². The summed E-state index contributed by atoms with van der Waals surface area (Å²) in [4.78, 5) is 0.909. The number of azo groups is 1. The van der Waals surface area contributed by atoms with Crippen LogP contribution in [0.1, 0.15) is 54.9 Å². The van der Waals surface area contributed by atoms with E-state index >= 15 is 0 Å². The third-order valence-electron chi connectivity index (χ3n) is 9.41. The fraction of sp³-hybridized carbons (Fsp3) is 0.306. The van der Waals surface area contributed by atoms with Crippen LogP contribution in [0.2, 0.25) is 0 Å². The summed E-state index contributed by atoms with van der Waals surface area (Å²) in [6.07, 6.45) is 5.74. The van der Waals surface area contributed by atoms with E-state index in [0.29, 0.717) is 39.2 Å². The summed E-state index contributed by atoms with van der Waals surface area (Å²) in [5.41, 5.74) is 5.50. The van der Waals surface area contributed by atoms with Crippen molar-refractivity contribution < 1.29 is 30.7 Å². The van der Waals surface area contributed by atoms with Crippen LogP contribution in [0.5, 0.6) is 11.5 Å². The summed E-state index contributed by atoms with van der Waals surface area (Å²) < 4.78 is 78.6. The quantitative estimate of drug-likeness (QED) is 0.115. The maximum atomic E-state index is 12.8. The molecule has 0 saturated heterocycles. The van der Waals surface area contributed by atoms with Gasteiger partial charge in [0.1, 0.15) is 29.5 Å². The molecule has 0 fully saturated rings. The molecule has 254 valence electrons. The fourth-order valence-electron chi connectivity index (χ4n) is 7.04. The van der Waals surface area contributed by atoms with Crippen molar-refractivity contribution >= 4 is 42.9 Å². The van der Waals surface area contributed by atoms with Crippen molar-refractivity contribution in [3.63, 3.8) is 0 Å². The molecule has 11 nitrogen and oxygen atoms in total. The summed E-state index contributed by atoms with van der Waals surface area (Å²) in [6, 6.07) is 18.3. The van der Waals surface area contributed by atoms with Gasteiger partial charge in [-0.05, 0) is 73.9 Å². The van der Waals surface area contributed by atoms with Crippen LogP contribution in [0, 0.1) is 0 Å². The van der Waals surface area contributed by atoms with E-state index in [-0.39, 0.29) is 5.56 Å². The summed E-state index contributed by atoms with van der Waals surface area (Å²) in [7, 11) is -7.64. The summed E-state index contributed by atoms with van der Waals surface area (Å²) in [5, 5.41) is 10.7. The van der Waals surface area contributed by atoms with Crippen LogP contribution in [0.3, 0.4) is 0 Å². The summed E-state index contributed by atoms with van der Waals surface area (Å²) in [5.74, 6) is 1.00. The molecular weight excluding hydrogens is 665 g/mol. The molecule has 0 aromatic heterocycles. The molecule has 3 heterocycles. The molecule has 49 heavy (non-hydrogen) atoms. The molecule has 0 amide bonds. The van der Waals surface area contributed by atoms with Crippen LogP contribution in [-0.2, 0) is 33.1 Å². The molecule has 0 atom stereocenters. The largest absolute Gasteiger partial charge is 0.455 e. The van der Waals surface area contributed by atoms with Crippen molar-refractivity contribution in [1.29, 1.82) is 0 Å². The Balaban J connectivity index is 1.39. The molecule has 0 radical (unpaired) electrons. The van der Waals surface area contributed by atoms with Gasteiger partial charge in [-0.3, -0.25) is 9.11 Å². The van der Waals surface area contributed by atoms with Gasteiger partial charge in [0.25, 0.3) is 20.2 Å². The summed E-state index contributed by atoms with van der Waals surface area (Å²) >= 11 is 0. The number of fused-ring (bicyclic) bond motifs is 3. The van der Waals surface area contributed by atoms with Crippen LogP contribution in [0.4, 0.5) is 17.1 Å². The fourth-order valence-corrected chi connectivity index (χ4v) is 8.34. The van der Waals surface area contributed by atoms with Gasteiger partial charge in [0.2, 0.25) is 5.36 Å². The Kier molecular flexibility index (Phi) is 8.64. The SMILES string of the molecule is CCCCN(C)c1ccc(N=Nc2ccc3c(c2)Oc2c4c5c(cc2=C3c2ccc(S(=O)(=O)O)cc2S(=O)(=O)O)CCC[N+]=5CCC4)cc1. The van der Waals surface area contributed by atoms with E-state index in [9.17, 15) is 25.9 Å². The molecule has 7 rings (SSSR count). The Morgan fingerprint density at radius 2 is 1.53 bits per heavy atom. The molecule has 0 bridgehead atoms. The number of nitrogens with zero attached hydrogens (tertiary/aromatic N) is 4. The van der Waals surface area contributed by atoms with Crippen molar-refractivity contribution in [3.05, 3.63) is 99.6 Å². The highest BCUT2D eigenvalue weighted by Gasteiger charge is 2.33. The van der Waals surface area contributed by atoms with Crippen molar-refractivity contribution in [2.45, 2.75) is 55.2 Å². The highest BCUT2D eigenvalue weighted by Crippen LogP contribution is 2.42. The minimum Gasteiger partial charge on any atom is -0.455 e. The Labute approximate surface area is 285 Å². The van der Waals surface area contributed by atoms with E-state index in [1.54, 1.807) is 18.2 Å². The zero-order valence-corrected chi connectivity index (χ0v) is 28.9. The number of aryl methyl sites for hydroxylation is 1. The highest BCUT2D eigenvalue weighted by molar-refractivity contribution is 7.86. The molecule has 0 unspecified atom stereocenters. The van der Waals surface area contributed by atoms with Crippen molar-refractivity contribution in [3.8, 4) is 11.5 Å². The minimum atomic E-state index is -4.94. The maximum Gasteiger partial charge on any atom is 0.295 e. The van der Waals surface area contributed by atoms with Gasteiger partial charge in [-0.25, -0.2) is 4.58 Å². The van der Waals surface area contributed by atoms with Gasteiger partial charge in [0.15, 0.2) is 0 Å². The summed E-state index contributed by atoms with van der Waals surface area (Å²) in [6.45, 7) is 5.01. The number of benzene rings is 4. The first-order valence-electron chi connectivity index (χ1n) is 16.4. The van der Waals surface area contributed by atoms with Crippen LogP contribution in [-0.4, -0.2) is 52.6 Å². The zero-order chi connectivity index (χ0) is 34.5. The smallest absolute Gasteiger partial charge is 0.295 e. The molecule has 4 aromatic carbocycles. The van der Waals surface area contributed by atoms with E-state index in [1.807, 2.05) is 30.3 Å². The van der Waals surface area contributed by atoms with E-state index in [2.05, 4.69) is 33.7 Å². The number of anilines is 1. The normalized spacial score (nSPS) is 15.4. The Morgan fingerprint density at radius 3 is 2.24 bits per heavy atom. The number of hydrogen-bond acceptors (Lipinski definition) is 8. The van der Waals surface area contributed by atoms with Gasteiger partial charge in [-0.1, -0.05) is 19.4 Å². The predicted molar refractivity (Wildman–Crippen MR) is 186 cm³/mol.